The second-order valence-electron chi connectivity index (χ2n) is 4.30. The van der Waals surface area contributed by atoms with Crippen molar-refractivity contribution < 1.29 is 9.32 Å². The fraction of sp³-hybridized carbons (Fsp3) is 0.308. The molecule has 92 valence electrons. The van der Waals surface area contributed by atoms with Gasteiger partial charge in [0.1, 0.15) is 6.29 Å². The fourth-order valence-electron chi connectivity index (χ4n) is 1.66. The molecule has 3 rings (SSSR count). The molecule has 1 aromatic carbocycles. The Balaban J connectivity index is 1.63. The number of aldehydes is 1. The lowest BCUT2D eigenvalue weighted by molar-refractivity contribution is 0.112. The number of benzene rings is 1. The molecule has 1 heterocycles. The van der Waals surface area contributed by atoms with Crippen molar-refractivity contribution in [2.24, 2.45) is 0 Å². The summed E-state index contributed by atoms with van der Waals surface area (Å²) in [5.41, 5.74) is 0.684. The van der Waals surface area contributed by atoms with Gasteiger partial charge in [0.15, 0.2) is 5.82 Å². The average molecular weight is 260 g/mol. The first-order chi connectivity index (χ1) is 8.85. The van der Waals surface area contributed by atoms with E-state index in [0.29, 0.717) is 23.1 Å². The third kappa shape index (κ3) is 2.61. The second-order valence-corrected chi connectivity index (χ2v) is 5.35. The maximum Gasteiger partial charge on any atom is 0.237 e. The second kappa shape index (κ2) is 4.94. The first-order valence-corrected chi connectivity index (χ1v) is 6.84. The number of aromatic nitrogens is 2. The minimum absolute atomic E-state index is 0.519. The third-order valence-electron chi connectivity index (χ3n) is 2.78. The van der Waals surface area contributed by atoms with Crippen LogP contribution in [0.2, 0.25) is 0 Å². The Bertz CT molecular complexity index is 564. The first kappa shape index (κ1) is 11.5. The fourth-order valence-corrected chi connectivity index (χ4v) is 2.46. The Hall–Kier alpha value is -1.62. The van der Waals surface area contributed by atoms with Gasteiger partial charge in [-0.05, 0) is 25.0 Å². The predicted molar refractivity (Wildman–Crippen MR) is 67.7 cm³/mol. The van der Waals surface area contributed by atoms with Gasteiger partial charge in [-0.1, -0.05) is 17.3 Å². The standard InChI is InChI=1S/C13H12N2O2S/c16-7-9-2-1-3-11(6-9)18-8-12-14-13(15-17-12)10-4-5-10/h1-3,6-7,10H,4-5,8H2. The van der Waals surface area contributed by atoms with Crippen LogP contribution in [0.5, 0.6) is 0 Å². The topological polar surface area (TPSA) is 56.0 Å². The van der Waals surface area contributed by atoms with Crippen LogP contribution >= 0.6 is 11.8 Å². The molecule has 0 radical (unpaired) electrons. The van der Waals surface area contributed by atoms with E-state index in [1.54, 1.807) is 17.8 Å². The van der Waals surface area contributed by atoms with Gasteiger partial charge in [-0.2, -0.15) is 4.98 Å². The molecule has 0 spiro atoms. The number of rotatable bonds is 5. The Morgan fingerprint density at radius 1 is 1.44 bits per heavy atom. The maximum absolute atomic E-state index is 10.7. The molecule has 0 atom stereocenters. The zero-order chi connectivity index (χ0) is 12.4. The van der Waals surface area contributed by atoms with Crippen LogP contribution in [-0.4, -0.2) is 16.4 Å². The lowest BCUT2D eigenvalue weighted by Gasteiger charge is -1.98. The van der Waals surface area contributed by atoms with Gasteiger partial charge >= 0.3 is 0 Å². The summed E-state index contributed by atoms with van der Waals surface area (Å²) in [6.45, 7) is 0. The molecule has 2 aromatic rings. The number of carbonyl (C=O) groups excluding carboxylic acids is 1. The lowest BCUT2D eigenvalue weighted by Crippen LogP contribution is -1.85. The molecule has 0 aliphatic heterocycles. The van der Waals surface area contributed by atoms with E-state index in [2.05, 4.69) is 10.1 Å². The van der Waals surface area contributed by atoms with Crippen molar-refractivity contribution in [3.8, 4) is 0 Å². The predicted octanol–water partition coefficient (Wildman–Crippen LogP) is 3.05. The van der Waals surface area contributed by atoms with Gasteiger partial charge in [0, 0.05) is 16.4 Å². The molecule has 1 aliphatic carbocycles. The van der Waals surface area contributed by atoms with Crippen molar-refractivity contribution in [1.82, 2.24) is 10.1 Å². The first-order valence-electron chi connectivity index (χ1n) is 5.85. The molecule has 5 heteroatoms. The molecule has 18 heavy (non-hydrogen) atoms. The van der Waals surface area contributed by atoms with Gasteiger partial charge in [-0.15, -0.1) is 11.8 Å². The van der Waals surface area contributed by atoms with Crippen LogP contribution < -0.4 is 0 Å². The molecule has 1 saturated carbocycles. The summed E-state index contributed by atoms with van der Waals surface area (Å²) in [7, 11) is 0. The molecule has 0 bridgehead atoms. The smallest absolute Gasteiger partial charge is 0.237 e. The zero-order valence-electron chi connectivity index (χ0n) is 9.70. The SMILES string of the molecule is O=Cc1cccc(SCc2nc(C3CC3)no2)c1. The Morgan fingerprint density at radius 3 is 3.11 bits per heavy atom. The van der Waals surface area contributed by atoms with E-state index in [1.807, 2.05) is 18.2 Å². The highest BCUT2D eigenvalue weighted by Crippen LogP contribution is 2.38. The van der Waals surface area contributed by atoms with Crippen molar-refractivity contribution >= 4 is 18.0 Å². The summed E-state index contributed by atoms with van der Waals surface area (Å²) in [6.07, 6.45) is 3.20. The number of thioether (sulfide) groups is 1. The molecular weight excluding hydrogens is 248 g/mol. The highest BCUT2D eigenvalue weighted by Gasteiger charge is 2.28. The molecule has 0 amide bonds. The molecular formula is C13H12N2O2S. The van der Waals surface area contributed by atoms with Crippen molar-refractivity contribution in [1.29, 1.82) is 0 Å². The largest absolute Gasteiger partial charge is 0.338 e. The van der Waals surface area contributed by atoms with Crippen LogP contribution in [-0.2, 0) is 5.75 Å². The van der Waals surface area contributed by atoms with Crippen LogP contribution in [0.1, 0.15) is 40.8 Å². The van der Waals surface area contributed by atoms with Crippen molar-refractivity contribution in [3.63, 3.8) is 0 Å². The van der Waals surface area contributed by atoms with Gasteiger partial charge in [0.2, 0.25) is 5.89 Å². The van der Waals surface area contributed by atoms with Crippen molar-refractivity contribution in [2.45, 2.75) is 29.4 Å². The summed E-state index contributed by atoms with van der Waals surface area (Å²) in [4.78, 5) is 16.1. The highest BCUT2D eigenvalue weighted by atomic mass is 32.2. The minimum Gasteiger partial charge on any atom is -0.338 e. The molecule has 1 aromatic heterocycles. The van der Waals surface area contributed by atoms with Gasteiger partial charge in [0.25, 0.3) is 0 Å². The van der Waals surface area contributed by atoms with Gasteiger partial charge in [0.05, 0.1) is 5.75 Å². The molecule has 0 saturated heterocycles. The monoisotopic (exact) mass is 260 g/mol. The minimum atomic E-state index is 0.519. The summed E-state index contributed by atoms with van der Waals surface area (Å²) < 4.78 is 5.19. The zero-order valence-corrected chi connectivity index (χ0v) is 10.5. The maximum atomic E-state index is 10.7. The van der Waals surface area contributed by atoms with Crippen LogP contribution in [0.4, 0.5) is 0 Å². The van der Waals surface area contributed by atoms with Crippen molar-refractivity contribution in [2.75, 3.05) is 0 Å². The molecule has 1 fully saturated rings. The lowest BCUT2D eigenvalue weighted by atomic mass is 10.2. The number of nitrogens with zero attached hydrogens (tertiary/aromatic N) is 2. The number of hydrogen-bond donors (Lipinski definition) is 0. The summed E-state index contributed by atoms with van der Waals surface area (Å²) >= 11 is 1.59. The summed E-state index contributed by atoms with van der Waals surface area (Å²) in [5, 5.41) is 3.97. The van der Waals surface area contributed by atoms with E-state index in [0.717, 1.165) is 17.0 Å². The van der Waals surface area contributed by atoms with Crippen LogP contribution in [0, 0.1) is 0 Å². The van der Waals surface area contributed by atoms with Crippen molar-refractivity contribution in [3.05, 3.63) is 41.5 Å². The summed E-state index contributed by atoms with van der Waals surface area (Å²) in [6, 6.07) is 7.48. The van der Waals surface area contributed by atoms with Gasteiger partial charge in [-0.25, -0.2) is 0 Å². The molecule has 0 N–H and O–H groups in total. The van der Waals surface area contributed by atoms with E-state index in [4.69, 9.17) is 4.52 Å². The average Bonchev–Trinajstić information content (AvgIpc) is 3.16. The normalized spacial score (nSPS) is 14.7. The van der Waals surface area contributed by atoms with Crippen LogP contribution in [0.3, 0.4) is 0 Å². The highest BCUT2D eigenvalue weighted by molar-refractivity contribution is 7.98. The number of carbonyl (C=O) groups is 1. The van der Waals surface area contributed by atoms with E-state index < -0.39 is 0 Å². The summed E-state index contributed by atoms with van der Waals surface area (Å²) in [5.74, 6) is 2.65. The van der Waals surface area contributed by atoms with E-state index in [9.17, 15) is 4.79 Å². The number of hydrogen-bond acceptors (Lipinski definition) is 5. The molecule has 0 unspecified atom stereocenters. The van der Waals surface area contributed by atoms with Crippen LogP contribution in [0.15, 0.2) is 33.7 Å². The Labute approximate surface area is 109 Å². The molecule has 4 nitrogen and oxygen atoms in total. The quantitative estimate of drug-likeness (QED) is 0.611. The van der Waals surface area contributed by atoms with Crippen LogP contribution in [0.25, 0.3) is 0 Å². The van der Waals surface area contributed by atoms with E-state index in [-0.39, 0.29) is 0 Å². The van der Waals surface area contributed by atoms with E-state index in [1.165, 1.54) is 12.8 Å². The van der Waals surface area contributed by atoms with Gasteiger partial charge < -0.3 is 4.52 Å². The molecule has 1 aliphatic rings. The van der Waals surface area contributed by atoms with Gasteiger partial charge in [-0.3, -0.25) is 4.79 Å². The van der Waals surface area contributed by atoms with E-state index >= 15 is 0 Å². The Morgan fingerprint density at radius 2 is 2.33 bits per heavy atom. The Kier molecular flexibility index (Phi) is 3.15. The third-order valence-corrected chi connectivity index (χ3v) is 3.76.